The zero-order chi connectivity index (χ0) is 14.5. The van der Waals surface area contributed by atoms with Gasteiger partial charge in [-0.05, 0) is 47.7 Å². The summed E-state index contributed by atoms with van der Waals surface area (Å²) in [5.74, 6) is -1.16. The summed E-state index contributed by atoms with van der Waals surface area (Å²) in [4.78, 5) is 23.2. The molecule has 6 nitrogen and oxygen atoms in total. The van der Waals surface area contributed by atoms with Crippen molar-refractivity contribution in [3.63, 3.8) is 0 Å². The van der Waals surface area contributed by atoms with Gasteiger partial charge in [0.1, 0.15) is 0 Å². The highest BCUT2D eigenvalue weighted by Gasteiger charge is 2.15. The lowest BCUT2D eigenvalue weighted by Crippen LogP contribution is -2.20. The predicted molar refractivity (Wildman–Crippen MR) is 79.3 cm³/mol. The van der Waals surface area contributed by atoms with Crippen LogP contribution in [-0.4, -0.2) is 23.6 Å². The van der Waals surface area contributed by atoms with E-state index in [-0.39, 0.29) is 12.4 Å². The Kier molecular flexibility index (Phi) is 4.72. The van der Waals surface area contributed by atoms with Gasteiger partial charge in [0.25, 0.3) is 5.91 Å². The molecule has 0 radical (unpaired) electrons. The zero-order valence-electron chi connectivity index (χ0n) is 10.6. The molecule has 0 aliphatic carbocycles. The van der Waals surface area contributed by atoms with E-state index in [1.807, 2.05) is 12.1 Å². The highest BCUT2D eigenvalue weighted by Crippen LogP contribution is 2.12. The van der Waals surface area contributed by atoms with Crippen LogP contribution in [-0.2, 0) is 9.53 Å². The van der Waals surface area contributed by atoms with Gasteiger partial charge in [-0.3, -0.25) is 4.79 Å². The number of carbonyl (C=O) groups excluding carboxylic acids is 2. The van der Waals surface area contributed by atoms with Crippen molar-refractivity contribution < 1.29 is 18.8 Å². The van der Waals surface area contributed by atoms with Gasteiger partial charge in [0.05, 0.1) is 5.69 Å². The number of esters is 1. The van der Waals surface area contributed by atoms with Crippen LogP contribution in [0, 0.1) is 10.5 Å². The highest BCUT2D eigenvalue weighted by molar-refractivity contribution is 14.1. The van der Waals surface area contributed by atoms with Crippen LogP contribution in [0.1, 0.15) is 16.2 Å². The first kappa shape index (κ1) is 14.5. The molecule has 1 heterocycles. The van der Waals surface area contributed by atoms with Crippen LogP contribution in [0.5, 0.6) is 0 Å². The van der Waals surface area contributed by atoms with Crippen LogP contribution in [0.2, 0.25) is 0 Å². The molecular weight excluding hydrogens is 375 g/mol. The highest BCUT2D eigenvalue weighted by atomic mass is 127. The summed E-state index contributed by atoms with van der Waals surface area (Å²) in [6.45, 7) is 1.30. The van der Waals surface area contributed by atoms with Crippen LogP contribution >= 0.6 is 22.6 Å². The molecule has 0 atom stereocenters. The van der Waals surface area contributed by atoms with E-state index in [2.05, 4.69) is 33.1 Å². The monoisotopic (exact) mass is 386 g/mol. The maximum atomic E-state index is 11.6. The molecule has 0 spiro atoms. The topological polar surface area (TPSA) is 81.4 Å². The number of anilines is 1. The average molecular weight is 386 g/mol. The van der Waals surface area contributed by atoms with Crippen LogP contribution in [0.25, 0.3) is 0 Å². The number of hydrogen-bond acceptors (Lipinski definition) is 5. The number of halogens is 1. The first-order valence-electron chi connectivity index (χ1n) is 5.70. The fraction of sp³-hybridized carbons (Fsp3) is 0.154. The van der Waals surface area contributed by atoms with Crippen molar-refractivity contribution in [2.75, 3.05) is 11.9 Å². The molecule has 0 unspecified atom stereocenters. The number of ether oxygens (including phenoxy) is 1. The Balaban J connectivity index is 1.85. The van der Waals surface area contributed by atoms with E-state index in [0.717, 1.165) is 3.57 Å². The molecule has 0 aliphatic rings. The molecule has 1 aromatic heterocycles. The van der Waals surface area contributed by atoms with E-state index in [0.29, 0.717) is 11.4 Å². The first-order valence-corrected chi connectivity index (χ1v) is 6.78. The van der Waals surface area contributed by atoms with E-state index in [9.17, 15) is 9.59 Å². The Bertz CT molecular complexity index is 639. The number of nitrogens with zero attached hydrogens (tertiary/aromatic N) is 1. The SMILES string of the molecule is Cc1cc(C(=O)OCC(=O)Nc2cccc(I)c2)on1. The Labute approximate surface area is 128 Å². The van der Waals surface area contributed by atoms with Crippen LogP contribution in [0.3, 0.4) is 0 Å². The van der Waals surface area contributed by atoms with Gasteiger partial charge in [0.15, 0.2) is 6.61 Å². The summed E-state index contributed by atoms with van der Waals surface area (Å²) in [6, 6.07) is 8.73. The minimum absolute atomic E-state index is 0.0236. The molecule has 0 saturated carbocycles. The van der Waals surface area contributed by atoms with Crippen molar-refractivity contribution in [3.8, 4) is 0 Å². The van der Waals surface area contributed by atoms with Crippen molar-refractivity contribution in [3.05, 3.63) is 45.4 Å². The molecule has 0 saturated heterocycles. The van der Waals surface area contributed by atoms with Crippen molar-refractivity contribution in [2.45, 2.75) is 6.92 Å². The summed E-state index contributed by atoms with van der Waals surface area (Å²) >= 11 is 2.14. The summed E-state index contributed by atoms with van der Waals surface area (Å²) in [5.41, 5.74) is 1.22. The molecule has 0 aliphatic heterocycles. The van der Waals surface area contributed by atoms with E-state index < -0.39 is 11.9 Å². The predicted octanol–water partition coefficient (Wildman–Crippen LogP) is 2.38. The van der Waals surface area contributed by atoms with Gasteiger partial charge in [0.2, 0.25) is 5.76 Å². The van der Waals surface area contributed by atoms with Gasteiger partial charge >= 0.3 is 5.97 Å². The van der Waals surface area contributed by atoms with Gasteiger partial charge in [-0.25, -0.2) is 4.79 Å². The number of aromatic nitrogens is 1. The number of benzene rings is 1. The smallest absolute Gasteiger partial charge is 0.377 e. The fourth-order valence-corrected chi connectivity index (χ4v) is 1.97. The van der Waals surface area contributed by atoms with Gasteiger partial charge in [-0.15, -0.1) is 0 Å². The van der Waals surface area contributed by atoms with Crippen molar-refractivity contribution in [1.82, 2.24) is 5.16 Å². The van der Waals surface area contributed by atoms with Crippen LogP contribution < -0.4 is 5.32 Å². The van der Waals surface area contributed by atoms with Gasteiger partial charge < -0.3 is 14.6 Å². The third kappa shape index (κ3) is 4.05. The molecular formula is C13H11IN2O4. The fourth-order valence-electron chi connectivity index (χ4n) is 1.43. The van der Waals surface area contributed by atoms with Gasteiger partial charge in [-0.2, -0.15) is 0 Å². The molecule has 1 aromatic carbocycles. The van der Waals surface area contributed by atoms with E-state index in [4.69, 9.17) is 9.26 Å². The lowest BCUT2D eigenvalue weighted by molar-refractivity contribution is -0.119. The van der Waals surface area contributed by atoms with Crippen molar-refractivity contribution in [2.24, 2.45) is 0 Å². The molecule has 2 aromatic rings. The standard InChI is InChI=1S/C13H11IN2O4/c1-8-5-11(20-16-8)13(18)19-7-12(17)15-10-4-2-3-9(14)6-10/h2-6H,7H2,1H3,(H,15,17). The minimum atomic E-state index is -0.719. The molecule has 2 rings (SSSR count). The Hall–Kier alpha value is -1.90. The average Bonchev–Trinajstić information content (AvgIpc) is 2.83. The number of rotatable bonds is 4. The Morgan fingerprint density at radius 3 is 2.85 bits per heavy atom. The molecule has 1 amide bonds. The molecule has 0 bridgehead atoms. The first-order chi connectivity index (χ1) is 9.54. The van der Waals surface area contributed by atoms with Crippen LogP contribution in [0.15, 0.2) is 34.9 Å². The molecule has 20 heavy (non-hydrogen) atoms. The zero-order valence-corrected chi connectivity index (χ0v) is 12.7. The second kappa shape index (κ2) is 6.51. The summed E-state index contributed by atoms with van der Waals surface area (Å²) in [6.07, 6.45) is 0. The Morgan fingerprint density at radius 1 is 1.40 bits per heavy atom. The number of amides is 1. The maximum absolute atomic E-state index is 11.6. The number of carbonyl (C=O) groups is 2. The second-order valence-corrected chi connectivity index (χ2v) is 5.21. The quantitative estimate of drug-likeness (QED) is 0.645. The normalized spacial score (nSPS) is 10.1. The molecule has 7 heteroatoms. The lowest BCUT2D eigenvalue weighted by atomic mass is 10.3. The lowest BCUT2D eigenvalue weighted by Gasteiger charge is -2.05. The molecule has 104 valence electrons. The summed E-state index contributed by atoms with van der Waals surface area (Å²) in [7, 11) is 0. The van der Waals surface area contributed by atoms with Crippen molar-refractivity contribution >= 4 is 40.2 Å². The van der Waals surface area contributed by atoms with Crippen molar-refractivity contribution in [1.29, 1.82) is 0 Å². The van der Waals surface area contributed by atoms with E-state index in [1.54, 1.807) is 19.1 Å². The number of hydrogen-bond donors (Lipinski definition) is 1. The van der Waals surface area contributed by atoms with Crippen LogP contribution in [0.4, 0.5) is 5.69 Å². The second-order valence-electron chi connectivity index (χ2n) is 3.97. The maximum Gasteiger partial charge on any atom is 0.377 e. The summed E-state index contributed by atoms with van der Waals surface area (Å²) in [5, 5.41) is 6.19. The largest absolute Gasteiger partial charge is 0.450 e. The molecule has 0 fully saturated rings. The molecule has 1 N–H and O–H groups in total. The Morgan fingerprint density at radius 2 is 2.20 bits per heavy atom. The number of nitrogens with one attached hydrogen (secondary N) is 1. The third-order valence-corrected chi connectivity index (χ3v) is 2.94. The van der Waals surface area contributed by atoms with Gasteiger partial charge in [0, 0.05) is 15.3 Å². The van der Waals surface area contributed by atoms with E-state index >= 15 is 0 Å². The van der Waals surface area contributed by atoms with E-state index in [1.165, 1.54) is 6.07 Å². The summed E-state index contributed by atoms with van der Waals surface area (Å²) < 4.78 is 10.5. The van der Waals surface area contributed by atoms with Gasteiger partial charge in [-0.1, -0.05) is 11.2 Å². The minimum Gasteiger partial charge on any atom is -0.450 e. The number of aryl methyl sites for hydroxylation is 1. The third-order valence-electron chi connectivity index (χ3n) is 2.27.